The van der Waals surface area contributed by atoms with Gasteiger partial charge < -0.3 is 0 Å². The lowest BCUT2D eigenvalue weighted by Gasteiger charge is -2.37. The average Bonchev–Trinajstić information content (AvgIpc) is 2.86. The molecule has 118 valence electrons. The van der Waals surface area contributed by atoms with Crippen molar-refractivity contribution < 1.29 is 0 Å². The van der Waals surface area contributed by atoms with Crippen LogP contribution in [0.4, 0.5) is 0 Å². The minimum atomic E-state index is -0.0788. The van der Waals surface area contributed by atoms with Crippen LogP contribution in [0.5, 0.6) is 0 Å². The summed E-state index contributed by atoms with van der Waals surface area (Å²) in [5.74, 6) is 1.27. The third-order valence-electron chi connectivity index (χ3n) is 5.48. The van der Waals surface area contributed by atoms with E-state index in [0.717, 1.165) is 0 Å². The Balaban J connectivity index is 1.90. The fourth-order valence-corrected chi connectivity index (χ4v) is 6.53. The number of hydrogen-bond donors (Lipinski definition) is 0. The fraction of sp³-hybridized carbons (Fsp3) is 0.333. The van der Waals surface area contributed by atoms with Crippen molar-refractivity contribution in [1.29, 1.82) is 0 Å². The lowest BCUT2D eigenvalue weighted by atomic mass is 9.73. The molecule has 2 aromatic rings. The largest absolute Gasteiger partial charge is 0.0856 e. The second-order valence-corrected chi connectivity index (χ2v) is 8.71. The van der Waals surface area contributed by atoms with Gasteiger partial charge in [-0.3, -0.25) is 0 Å². The molecule has 0 spiro atoms. The van der Waals surface area contributed by atoms with Crippen LogP contribution < -0.4 is 0 Å². The summed E-state index contributed by atoms with van der Waals surface area (Å²) in [4.78, 5) is 0. The van der Waals surface area contributed by atoms with Gasteiger partial charge in [0.25, 0.3) is 0 Å². The molecular formula is C21H20Br2. The highest BCUT2D eigenvalue weighted by molar-refractivity contribution is 9.14. The zero-order valence-electron chi connectivity index (χ0n) is 13.0. The first kappa shape index (κ1) is 15.7. The van der Waals surface area contributed by atoms with E-state index in [1.165, 1.54) is 46.9 Å². The van der Waals surface area contributed by atoms with Gasteiger partial charge in [0.05, 0.1) is 4.32 Å². The highest BCUT2D eigenvalue weighted by Gasteiger charge is 2.53. The number of alkyl halides is 1. The molecule has 0 nitrogen and oxygen atoms in total. The molecule has 0 saturated heterocycles. The summed E-state index contributed by atoms with van der Waals surface area (Å²) < 4.78 is 1.25. The van der Waals surface area contributed by atoms with Crippen LogP contribution in [0.3, 0.4) is 0 Å². The predicted octanol–water partition coefficient (Wildman–Crippen LogP) is 6.90. The Morgan fingerprint density at radius 3 is 2.13 bits per heavy atom. The van der Waals surface area contributed by atoms with Gasteiger partial charge in [0.2, 0.25) is 0 Å². The average molecular weight is 432 g/mol. The van der Waals surface area contributed by atoms with Crippen LogP contribution in [-0.4, -0.2) is 0 Å². The third-order valence-corrected chi connectivity index (χ3v) is 8.51. The number of benzene rings is 2. The van der Waals surface area contributed by atoms with Gasteiger partial charge in [-0.25, -0.2) is 0 Å². The Hall–Kier alpha value is -0.860. The molecule has 4 rings (SSSR count). The third kappa shape index (κ3) is 2.46. The maximum absolute atomic E-state index is 4.19. The van der Waals surface area contributed by atoms with Crippen molar-refractivity contribution in [3.05, 3.63) is 76.3 Å². The molecule has 0 bridgehead atoms. The quantitative estimate of drug-likeness (QED) is 0.453. The van der Waals surface area contributed by atoms with Gasteiger partial charge in [0.15, 0.2) is 0 Å². The minimum Gasteiger partial charge on any atom is -0.0740 e. The van der Waals surface area contributed by atoms with Gasteiger partial charge >= 0.3 is 0 Å². The molecule has 0 radical (unpaired) electrons. The number of halogens is 2. The maximum Gasteiger partial charge on any atom is 0.0856 e. The Morgan fingerprint density at radius 2 is 1.43 bits per heavy atom. The van der Waals surface area contributed by atoms with Gasteiger partial charge in [-0.2, -0.15) is 0 Å². The number of allylic oxidation sites excluding steroid dienone is 2. The van der Waals surface area contributed by atoms with E-state index in [1.54, 1.807) is 0 Å². The van der Waals surface area contributed by atoms with E-state index in [9.17, 15) is 0 Å². The molecule has 0 amide bonds. The molecule has 2 aliphatic carbocycles. The summed E-state index contributed by atoms with van der Waals surface area (Å²) in [6.45, 7) is 0. The highest BCUT2D eigenvalue weighted by atomic mass is 79.9. The molecule has 0 unspecified atom stereocenters. The van der Waals surface area contributed by atoms with Crippen LogP contribution in [0.15, 0.2) is 65.1 Å². The number of rotatable bonds is 2. The number of fused-ring (bicyclic) bond motifs is 1. The van der Waals surface area contributed by atoms with Crippen molar-refractivity contribution in [2.45, 2.75) is 30.0 Å². The maximum atomic E-state index is 4.19. The molecule has 23 heavy (non-hydrogen) atoms. The molecule has 0 aliphatic heterocycles. The SMILES string of the molecule is BrC1=C(c2ccccc2)[C@H]2CCCC[C@H]2[C@@]1(Br)c1ccccc1. The Morgan fingerprint density at radius 1 is 0.826 bits per heavy atom. The van der Waals surface area contributed by atoms with E-state index < -0.39 is 0 Å². The van der Waals surface area contributed by atoms with Crippen LogP contribution in [0, 0.1) is 11.8 Å². The molecule has 2 aromatic carbocycles. The molecule has 1 saturated carbocycles. The summed E-state index contributed by atoms with van der Waals surface area (Å²) in [6.07, 6.45) is 5.26. The standard InChI is InChI=1S/C21H20Br2/c22-20-19(15-9-3-1-4-10-15)17-13-7-8-14-18(17)21(20,23)16-11-5-2-6-12-16/h1-6,9-12,17-18H,7-8,13-14H2/t17-,18+,21-/m0/s1. The lowest BCUT2D eigenvalue weighted by Crippen LogP contribution is -2.31. The van der Waals surface area contributed by atoms with Crippen molar-refractivity contribution in [3.63, 3.8) is 0 Å². The summed E-state index contributed by atoms with van der Waals surface area (Å²) in [5.41, 5.74) is 4.25. The summed E-state index contributed by atoms with van der Waals surface area (Å²) in [5, 5.41) is 0. The number of hydrogen-bond acceptors (Lipinski definition) is 0. The van der Waals surface area contributed by atoms with E-state index in [4.69, 9.17) is 0 Å². The molecular weight excluding hydrogens is 412 g/mol. The summed E-state index contributed by atoms with van der Waals surface area (Å²) >= 11 is 8.22. The zero-order valence-corrected chi connectivity index (χ0v) is 16.2. The smallest absolute Gasteiger partial charge is 0.0740 e. The van der Waals surface area contributed by atoms with Crippen molar-refractivity contribution >= 4 is 37.4 Å². The van der Waals surface area contributed by atoms with E-state index >= 15 is 0 Å². The van der Waals surface area contributed by atoms with Gasteiger partial charge in [0, 0.05) is 4.48 Å². The van der Waals surface area contributed by atoms with Crippen LogP contribution in [-0.2, 0) is 4.32 Å². The molecule has 0 aromatic heterocycles. The molecule has 3 atom stereocenters. The molecule has 0 heterocycles. The predicted molar refractivity (Wildman–Crippen MR) is 105 cm³/mol. The second kappa shape index (κ2) is 6.22. The van der Waals surface area contributed by atoms with Crippen LogP contribution in [0.1, 0.15) is 36.8 Å². The Labute approximate surface area is 155 Å². The molecule has 0 N–H and O–H groups in total. The molecule has 2 heteroatoms. The zero-order chi connectivity index (χ0) is 15.9. The minimum absolute atomic E-state index is 0.0788. The van der Waals surface area contributed by atoms with Crippen molar-refractivity contribution in [1.82, 2.24) is 0 Å². The first-order chi connectivity index (χ1) is 11.2. The van der Waals surface area contributed by atoms with E-state index in [1.807, 2.05) is 0 Å². The van der Waals surface area contributed by atoms with Gasteiger partial charge in [-0.15, -0.1) is 0 Å². The van der Waals surface area contributed by atoms with E-state index in [0.29, 0.717) is 11.8 Å². The van der Waals surface area contributed by atoms with Gasteiger partial charge in [-0.1, -0.05) is 105 Å². The van der Waals surface area contributed by atoms with Gasteiger partial charge in [0.1, 0.15) is 0 Å². The second-order valence-electron chi connectivity index (χ2n) is 6.67. The Kier molecular flexibility index (Phi) is 4.23. The topological polar surface area (TPSA) is 0 Å². The van der Waals surface area contributed by atoms with E-state index in [2.05, 4.69) is 92.5 Å². The highest BCUT2D eigenvalue weighted by Crippen LogP contribution is 2.64. The van der Waals surface area contributed by atoms with Crippen molar-refractivity contribution in [3.8, 4) is 0 Å². The van der Waals surface area contributed by atoms with Crippen LogP contribution in [0.25, 0.3) is 5.57 Å². The van der Waals surface area contributed by atoms with Crippen LogP contribution in [0.2, 0.25) is 0 Å². The fourth-order valence-electron chi connectivity index (χ4n) is 4.45. The first-order valence-electron chi connectivity index (χ1n) is 8.43. The summed E-state index contributed by atoms with van der Waals surface area (Å²) in [7, 11) is 0. The Bertz CT molecular complexity index is 720. The van der Waals surface area contributed by atoms with Gasteiger partial charge in [-0.05, 0) is 41.4 Å². The monoisotopic (exact) mass is 430 g/mol. The normalized spacial score (nSPS) is 30.3. The molecule has 2 aliphatic rings. The first-order valence-corrected chi connectivity index (χ1v) is 10.0. The van der Waals surface area contributed by atoms with Crippen LogP contribution >= 0.6 is 31.9 Å². The van der Waals surface area contributed by atoms with Crippen molar-refractivity contribution in [2.24, 2.45) is 11.8 Å². The van der Waals surface area contributed by atoms with E-state index in [-0.39, 0.29) is 4.32 Å². The lowest BCUT2D eigenvalue weighted by molar-refractivity contribution is 0.275. The van der Waals surface area contributed by atoms with Crippen molar-refractivity contribution in [2.75, 3.05) is 0 Å². The molecule has 1 fully saturated rings. The summed E-state index contributed by atoms with van der Waals surface area (Å²) in [6, 6.07) is 21.8.